The monoisotopic (exact) mass is 219 g/mol. The maximum atomic E-state index is 12.6. The summed E-state index contributed by atoms with van der Waals surface area (Å²) in [6, 6.07) is 5.72. The zero-order valence-corrected chi connectivity index (χ0v) is 9.22. The maximum absolute atomic E-state index is 12.6. The first-order chi connectivity index (χ1) is 7.72. The van der Waals surface area contributed by atoms with Crippen molar-refractivity contribution in [3.05, 3.63) is 30.1 Å². The minimum absolute atomic E-state index is 0.0653. The molecule has 0 heterocycles. The van der Waals surface area contributed by atoms with Crippen molar-refractivity contribution in [1.29, 1.82) is 0 Å². The van der Waals surface area contributed by atoms with E-state index in [1.165, 1.54) is 12.1 Å². The predicted molar refractivity (Wildman–Crippen MR) is 62.3 cm³/mol. The van der Waals surface area contributed by atoms with E-state index in [9.17, 15) is 9.18 Å². The molecule has 16 heavy (non-hydrogen) atoms. The summed E-state index contributed by atoms with van der Waals surface area (Å²) >= 11 is 0. The molecule has 1 amide bonds. The Balaban J connectivity index is 2.33. The van der Waals surface area contributed by atoms with Gasteiger partial charge in [0.15, 0.2) is 0 Å². The van der Waals surface area contributed by atoms with Crippen LogP contribution in [0, 0.1) is 17.7 Å². The summed E-state index contributed by atoms with van der Waals surface area (Å²) in [5.74, 6) is 5.30. The van der Waals surface area contributed by atoms with E-state index in [0.717, 1.165) is 12.8 Å². The van der Waals surface area contributed by atoms with E-state index in [0.29, 0.717) is 12.1 Å². The summed E-state index contributed by atoms with van der Waals surface area (Å²) in [6.07, 6.45) is 1.91. The number of unbranched alkanes of at least 4 members (excludes halogenated alkanes) is 1. The molecule has 1 N–H and O–H groups in total. The summed E-state index contributed by atoms with van der Waals surface area (Å²) in [6.45, 7) is 1.78. The lowest BCUT2D eigenvalue weighted by atomic mass is 10.2. The van der Waals surface area contributed by atoms with Gasteiger partial charge in [0.2, 0.25) is 5.91 Å². The lowest BCUT2D eigenvalue weighted by Crippen LogP contribution is -2.10. The molecule has 1 aromatic carbocycles. The Bertz CT molecular complexity index is 400. The highest BCUT2D eigenvalue weighted by molar-refractivity contribution is 5.90. The molecule has 0 bridgehead atoms. The Hall–Kier alpha value is -1.82. The van der Waals surface area contributed by atoms with Crippen LogP contribution in [0.25, 0.3) is 0 Å². The molecule has 0 aliphatic heterocycles. The van der Waals surface area contributed by atoms with Gasteiger partial charge in [-0.1, -0.05) is 0 Å². The van der Waals surface area contributed by atoms with E-state index in [1.807, 2.05) is 0 Å². The molecule has 0 atom stereocenters. The van der Waals surface area contributed by atoms with Gasteiger partial charge in [-0.3, -0.25) is 4.79 Å². The minimum atomic E-state index is -0.309. The molecule has 0 aliphatic rings. The van der Waals surface area contributed by atoms with Crippen LogP contribution in [0.1, 0.15) is 26.2 Å². The highest BCUT2D eigenvalue weighted by Gasteiger charge is 2.01. The highest BCUT2D eigenvalue weighted by Crippen LogP contribution is 2.09. The van der Waals surface area contributed by atoms with Crippen molar-refractivity contribution >= 4 is 11.6 Å². The molecule has 84 valence electrons. The van der Waals surface area contributed by atoms with Gasteiger partial charge in [-0.15, -0.1) is 11.8 Å². The molecule has 0 saturated heterocycles. The first kappa shape index (κ1) is 12.3. The molecule has 1 aromatic rings. The number of benzene rings is 1. The molecule has 0 radical (unpaired) electrons. The van der Waals surface area contributed by atoms with Gasteiger partial charge in [-0.25, -0.2) is 4.39 Å². The molecule has 1 rings (SSSR count). The smallest absolute Gasteiger partial charge is 0.224 e. The predicted octanol–water partition coefficient (Wildman–Crippen LogP) is 2.96. The molecule has 0 unspecified atom stereocenters. The van der Waals surface area contributed by atoms with Gasteiger partial charge < -0.3 is 5.32 Å². The van der Waals surface area contributed by atoms with E-state index in [2.05, 4.69) is 17.2 Å². The van der Waals surface area contributed by atoms with Crippen LogP contribution in [0.2, 0.25) is 0 Å². The van der Waals surface area contributed by atoms with Crippen molar-refractivity contribution in [3.63, 3.8) is 0 Å². The van der Waals surface area contributed by atoms with E-state index in [1.54, 1.807) is 19.1 Å². The Morgan fingerprint density at radius 3 is 2.69 bits per heavy atom. The van der Waals surface area contributed by atoms with E-state index >= 15 is 0 Å². The second-order valence-corrected chi connectivity index (χ2v) is 3.34. The van der Waals surface area contributed by atoms with E-state index in [-0.39, 0.29) is 11.7 Å². The molecule has 3 heteroatoms. The number of halogens is 1. The second-order valence-electron chi connectivity index (χ2n) is 3.34. The third-order valence-corrected chi connectivity index (χ3v) is 2.01. The fourth-order valence-electron chi connectivity index (χ4n) is 1.22. The van der Waals surface area contributed by atoms with Gasteiger partial charge in [-0.05, 0) is 37.6 Å². The zero-order valence-electron chi connectivity index (χ0n) is 9.22. The summed E-state index contributed by atoms with van der Waals surface area (Å²) in [5.41, 5.74) is 0.618. The van der Waals surface area contributed by atoms with Crippen molar-refractivity contribution in [3.8, 4) is 11.8 Å². The van der Waals surface area contributed by atoms with Crippen LogP contribution in [0.5, 0.6) is 0 Å². The zero-order chi connectivity index (χ0) is 11.8. The van der Waals surface area contributed by atoms with Crippen molar-refractivity contribution in [2.75, 3.05) is 5.32 Å². The van der Waals surface area contributed by atoms with Crippen LogP contribution >= 0.6 is 0 Å². The molecular weight excluding hydrogens is 205 g/mol. The van der Waals surface area contributed by atoms with Crippen molar-refractivity contribution < 1.29 is 9.18 Å². The Labute approximate surface area is 94.9 Å². The van der Waals surface area contributed by atoms with Crippen LogP contribution in [0.4, 0.5) is 10.1 Å². The molecule has 2 nitrogen and oxygen atoms in total. The molecule has 0 fully saturated rings. The second kappa shape index (κ2) is 6.62. The summed E-state index contributed by atoms with van der Waals surface area (Å²) in [7, 11) is 0. The minimum Gasteiger partial charge on any atom is -0.326 e. The fraction of sp³-hybridized carbons (Fsp3) is 0.308. The standard InChI is InChI=1S/C13H14FNO/c1-2-3-4-5-6-13(16)15-12-9-7-11(14)8-10-12/h7-10H,4-6H2,1H3,(H,15,16). The Morgan fingerprint density at radius 1 is 1.38 bits per heavy atom. The maximum Gasteiger partial charge on any atom is 0.224 e. The molecule has 0 aromatic heterocycles. The van der Waals surface area contributed by atoms with Crippen LogP contribution in [0.15, 0.2) is 24.3 Å². The van der Waals surface area contributed by atoms with Gasteiger partial charge in [0.1, 0.15) is 5.82 Å². The van der Waals surface area contributed by atoms with Crippen LogP contribution < -0.4 is 5.32 Å². The number of hydrogen-bond donors (Lipinski definition) is 1. The van der Waals surface area contributed by atoms with Crippen molar-refractivity contribution in [2.24, 2.45) is 0 Å². The quantitative estimate of drug-likeness (QED) is 0.612. The van der Waals surface area contributed by atoms with Crippen LogP contribution in [-0.4, -0.2) is 5.91 Å². The summed E-state index contributed by atoms with van der Waals surface area (Å²) in [4.78, 5) is 11.4. The number of hydrogen-bond acceptors (Lipinski definition) is 1. The molecule has 0 saturated carbocycles. The number of rotatable bonds is 4. The van der Waals surface area contributed by atoms with Gasteiger partial charge in [0.05, 0.1) is 0 Å². The normalized spacial score (nSPS) is 9.12. The summed E-state index contributed by atoms with van der Waals surface area (Å²) in [5, 5.41) is 2.69. The first-order valence-corrected chi connectivity index (χ1v) is 5.17. The van der Waals surface area contributed by atoms with Crippen molar-refractivity contribution in [2.45, 2.75) is 26.2 Å². The number of carbonyl (C=O) groups is 1. The molecule has 0 spiro atoms. The number of carbonyl (C=O) groups excluding carboxylic acids is 1. The fourth-order valence-corrected chi connectivity index (χ4v) is 1.22. The van der Waals surface area contributed by atoms with Gasteiger partial charge in [-0.2, -0.15) is 0 Å². The molecule has 0 aliphatic carbocycles. The van der Waals surface area contributed by atoms with Crippen LogP contribution in [0.3, 0.4) is 0 Å². The number of amides is 1. The first-order valence-electron chi connectivity index (χ1n) is 5.17. The average Bonchev–Trinajstić information content (AvgIpc) is 2.28. The SMILES string of the molecule is CC#CCCCC(=O)Nc1ccc(F)cc1. The van der Waals surface area contributed by atoms with Gasteiger partial charge in [0.25, 0.3) is 0 Å². The Morgan fingerprint density at radius 2 is 2.06 bits per heavy atom. The summed E-state index contributed by atoms with van der Waals surface area (Å²) < 4.78 is 12.6. The largest absolute Gasteiger partial charge is 0.326 e. The number of nitrogens with one attached hydrogen (secondary N) is 1. The van der Waals surface area contributed by atoms with Crippen molar-refractivity contribution in [1.82, 2.24) is 0 Å². The lowest BCUT2D eigenvalue weighted by molar-refractivity contribution is -0.116. The van der Waals surface area contributed by atoms with Gasteiger partial charge in [0, 0.05) is 18.5 Å². The third kappa shape index (κ3) is 4.61. The Kier molecular flexibility index (Phi) is 5.07. The topological polar surface area (TPSA) is 29.1 Å². The highest BCUT2D eigenvalue weighted by atomic mass is 19.1. The average molecular weight is 219 g/mol. The lowest BCUT2D eigenvalue weighted by Gasteiger charge is -2.03. The molecular formula is C13H14FNO. The van der Waals surface area contributed by atoms with Gasteiger partial charge >= 0.3 is 0 Å². The third-order valence-electron chi connectivity index (χ3n) is 2.01. The van der Waals surface area contributed by atoms with E-state index < -0.39 is 0 Å². The van der Waals surface area contributed by atoms with E-state index in [4.69, 9.17) is 0 Å². The number of anilines is 1. The van der Waals surface area contributed by atoms with Crippen LogP contribution in [-0.2, 0) is 4.79 Å².